The standard InChI is InChI=1S/C24H17ClN4O3S/c25-15-6-3-7-16(11-15)29-23(31)21(22(30)28-24(29)32)18-12-20(14-5-4-10-26-13-14)33-19-9-2-1-8-17(19)27-18/h1-11,13,20,31H,12H2,(H,28,30,32). The first-order valence-corrected chi connectivity index (χ1v) is 11.3. The van der Waals surface area contributed by atoms with E-state index >= 15 is 0 Å². The normalized spacial score (nSPS) is 15.4. The highest BCUT2D eigenvalue weighted by molar-refractivity contribution is 7.99. The maximum Gasteiger partial charge on any atom is 0.335 e. The summed E-state index contributed by atoms with van der Waals surface area (Å²) in [6, 6.07) is 17.9. The van der Waals surface area contributed by atoms with Gasteiger partial charge < -0.3 is 5.11 Å². The number of H-pyrrole nitrogens is 1. The molecular weight excluding hydrogens is 460 g/mol. The van der Waals surface area contributed by atoms with Gasteiger partial charge in [-0.15, -0.1) is 11.8 Å². The van der Waals surface area contributed by atoms with E-state index in [2.05, 4.69) is 9.97 Å². The molecule has 1 unspecified atom stereocenters. The number of thioether (sulfide) groups is 1. The van der Waals surface area contributed by atoms with Crippen LogP contribution >= 0.6 is 23.4 Å². The molecule has 33 heavy (non-hydrogen) atoms. The predicted octanol–water partition coefficient (Wildman–Crippen LogP) is 4.64. The maximum absolute atomic E-state index is 12.9. The Morgan fingerprint density at radius 1 is 1.09 bits per heavy atom. The number of aromatic nitrogens is 3. The van der Waals surface area contributed by atoms with Gasteiger partial charge in [0.1, 0.15) is 5.56 Å². The number of aromatic amines is 1. The Bertz CT molecular complexity index is 1500. The van der Waals surface area contributed by atoms with Gasteiger partial charge in [-0.1, -0.05) is 35.9 Å². The van der Waals surface area contributed by atoms with Crippen LogP contribution in [-0.4, -0.2) is 25.4 Å². The van der Waals surface area contributed by atoms with Crippen molar-refractivity contribution in [2.75, 3.05) is 0 Å². The Hall–Kier alpha value is -3.62. The molecule has 2 aromatic carbocycles. The number of hydrogen-bond donors (Lipinski definition) is 2. The van der Waals surface area contributed by atoms with E-state index in [1.54, 1.807) is 42.4 Å². The average Bonchev–Trinajstić information content (AvgIpc) is 2.99. The van der Waals surface area contributed by atoms with Crippen LogP contribution in [0.5, 0.6) is 5.88 Å². The summed E-state index contributed by atoms with van der Waals surface area (Å²) in [6.07, 6.45) is 3.82. The van der Waals surface area contributed by atoms with Crippen LogP contribution in [0.15, 0.2) is 92.5 Å². The zero-order valence-electron chi connectivity index (χ0n) is 17.1. The molecule has 0 spiro atoms. The van der Waals surface area contributed by atoms with Crippen LogP contribution in [0.25, 0.3) is 5.69 Å². The highest BCUT2D eigenvalue weighted by atomic mass is 35.5. The fourth-order valence-electron chi connectivity index (χ4n) is 3.76. The lowest BCUT2D eigenvalue weighted by Gasteiger charge is -2.17. The topological polar surface area (TPSA) is 100 Å². The fourth-order valence-corrected chi connectivity index (χ4v) is 5.16. The van der Waals surface area contributed by atoms with Crippen molar-refractivity contribution >= 4 is 34.8 Å². The van der Waals surface area contributed by atoms with Crippen molar-refractivity contribution < 1.29 is 5.11 Å². The number of nitrogens with one attached hydrogen (secondary N) is 1. The highest BCUT2D eigenvalue weighted by Gasteiger charge is 2.27. The van der Waals surface area contributed by atoms with Gasteiger partial charge in [-0.2, -0.15) is 0 Å². The molecule has 1 aliphatic heterocycles. The van der Waals surface area contributed by atoms with Crippen molar-refractivity contribution in [3.63, 3.8) is 0 Å². The first-order valence-electron chi connectivity index (χ1n) is 10.1. The molecular formula is C24H17ClN4O3S. The largest absolute Gasteiger partial charge is 0.493 e. The van der Waals surface area contributed by atoms with Gasteiger partial charge in [-0.3, -0.25) is 19.8 Å². The first kappa shape index (κ1) is 21.2. The average molecular weight is 477 g/mol. The molecule has 0 aliphatic carbocycles. The van der Waals surface area contributed by atoms with Crippen LogP contribution in [-0.2, 0) is 0 Å². The molecule has 2 N–H and O–H groups in total. The molecule has 3 heterocycles. The molecule has 9 heteroatoms. The molecule has 7 nitrogen and oxygen atoms in total. The van der Waals surface area contributed by atoms with Crippen molar-refractivity contribution in [2.45, 2.75) is 16.6 Å². The minimum Gasteiger partial charge on any atom is -0.493 e. The molecule has 0 amide bonds. The molecule has 0 saturated heterocycles. The van der Waals surface area contributed by atoms with Crippen molar-refractivity contribution in [3.8, 4) is 11.6 Å². The van der Waals surface area contributed by atoms with Gasteiger partial charge in [0.2, 0.25) is 5.88 Å². The molecule has 2 aromatic heterocycles. The number of halogens is 1. The van der Waals surface area contributed by atoms with E-state index in [0.717, 1.165) is 15.0 Å². The summed E-state index contributed by atoms with van der Waals surface area (Å²) < 4.78 is 1.02. The van der Waals surface area contributed by atoms with Gasteiger partial charge in [0.25, 0.3) is 5.56 Å². The summed E-state index contributed by atoms with van der Waals surface area (Å²) in [4.78, 5) is 37.8. The predicted molar refractivity (Wildman–Crippen MR) is 129 cm³/mol. The third kappa shape index (κ3) is 4.10. The van der Waals surface area contributed by atoms with Crippen LogP contribution in [0.1, 0.15) is 22.8 Å². The number of rotatable bonds is 3. The van der Waals surface area contributed by atoms with E-state index in [1.807, 2.05) is 36.4 Å². The Morgan fingerprint density at radius 2 is 1.94 bits per heavy atom. The molecule has 1 atom stereocenters. The molecule has 164 valence electrons. The van der Waals surface area contributed by atoms with Gasteiger partial charge in [0, 0.05) is 34.0 Å². The summed E-state index contributed by atoms with van der Waals surface area (Å²) in [5.41, 5.74) is 0.821. The van der Waals surface area contributed by atoms with Crippen LogP contribution in [0.3, 0.4) is 0 Å². The number of aliphatic imine (C=N–C) groups is 1. The second kappa shape index (κ2) is 8.73. The number of aromatic hydroxyl groups is 1. The van der Waals surface area contributed by atoms with E-state index < -0.39 is 17.1 Å². The van der Waals surface area contributed by atoms with E-state index in [9.17, 15) is 14.7 Å². The minimum atomic E-state index is -0.767. The Balaban J connectivity index is 1.72. The van der Waals surface area contributed by atoms with Gasteiger partial charge in [-0.05, 0) is 42.0 Å². The third-order valence-corrected chi connectivity index (χ3v) is 6.82. The minimum absolute atomic E-state index is 0.0548. The van der Waals surface area contributed by atoms with Crippen LogP contribution in [0, 0.1) is 0 Å². The quantitative estimate of drug-likeness (QED) is 0.448. The van der Waals surface area contributed by atoms with Gasteiger partial charge in [0.05, 0.1) is 17.1 Å². The summed E-state index contributed by atoms with van der Waals surface area (Å²) in [5.74, 6) is -0.487. The first-order chi connectivity index (χ1) is 16.0. The number of para-hydroxylation sites is 1. The number of hydrogen-bond acceptors (Lipinski definition) is 6. The molecule has 5 rings (SSSR count). The Kier molecular flexibility index (Phi) is 5.62. The smallest absolute Gasteiger partial charge is 0.335 e. The fraction of sp³-hybridized carbons (Fsp3) is 0.0833. The van der Waals surface area contributed by atoms with E-state index in [4.69, 9.17) is 16.6 Å². The lowest BCUT2D eigenvalue weighted by Crippen LogP contribution is -2.33. The number of pyridine rings is 1. The van der Waals surface area contributed by atoms with Gasteiger partial charge >= 0.3 is 5.69 Å². The summed E-state index contributed by atoms with van der Waals surface area (Å²) in [5, 5.41) is 11.4. The molecule has 0 radical (unpaired) electrons. The van der Waals surface area contributed by atoms with Crippen molar-refractivity contribution in [3.05, 3.63) is 110 Å². The van der Waals surface area contributed by atoms with Crippen LogP contribution in [0.4, 0.5) is 5.69 Å². The lowest BCUT2D eigenvalue weighted by molar-refractivity contribution is 0.429. The maximum atomic E-state index is 12.9. The summed E-state index contributed by atoms with van der Waals surface area (Å²) >= 11 is 7.69. The number of benzene rings is 2. The van der Waals surface area contributed by atoms with Gasteiger partial charge in [0.15, 0.2) is 0 Å². The molecule has 0 fully saturated rings. The SMILES string of the molecule is O=c1[nH]c(=O)n(-c2cccc(Cl)c2)c(O)c1C1=Nc2ccccc2SC(c2cccnc2)C1. The monoisotopic (exact) mass is 476 g/mol. The van der Waals surface area contributed by atoms with E-state index in [0.29, 0.717) is 28.5 Å². The zero-order valence-corrected chi connectivity index (χ0v) is 18.7. The zero-order chi connectivity index (χ0) is 22.9. The molecule has 4 aromatic rings. The Morgan fingerprint density at radius 3 is 2.73 bits per heavy atom. The molecule has 0 saturated carbocycles. The summed E-state index contributed by atoms with van der Waals surface area (Å²) in [7, 11) is 0. The third-order valence-electron chi connectivity index (χ3n) is 5.27. The molecule has 0 bridgehead atoms. The van der Waals surface area contributed by atoms with Crippen LogP contribution < -0.4 is 11.2 Å². The summed E-state index contributed by atoms with van der Waals surface area (Å²) in [6.45, 7) is 0. The van der Waals surface area contributed by atoms with Crippen LogP contribution in [0.2, 0.25) is 5.02 Å². The molecule has 1 aliphatic rings. The van der Waals surface area contributed by atoms with Gasteiger partial charge in [-0.25, -0.2) is 9.36 Å². The van der Waals surface area contributed by atoms with E-state index in [-0.39, 0.29) is 10.8 Å². The number of nitrogens with zero attached hydrogens (tertiary/aromatic N) is 3. The highest BCUT2D eigenvalue weighted by Crippen LogP contribution is 2.45. The Labute approximate surface area is 197 Å². The second-order valence-electron chi connectivity index (χ2n) is 7.40. The van der Waals surface area contributed by atoms with Crippen molar-refractivity contribution in [2.24, 2.45) is 4.99 Å². The second-order valence-corrected chi connectivity index (χ2v) is 9.08. The van der Waals surface area contributed by atoms with Crippen molar-refractivity contribution in [1.29, 1.82) is 0 Å². The lowest BCUT2D eigenvalue weighted by atomic mass is 10.0. The van der Waals surface area contributed by atoms with E-state index in [1.165, 1.54) is 6.07 Å². The van der Waals surface area contributed by atoms with Crippen molar-refractivity contribution in [1.82, 2.24) is 14.5 Å². The number of fused-ring (bicyclic) bond motifs is 1.